The molecule has 0 amide bonds. The molecule has 5 rings (SSSR count). The molecular weight excluding hydrogens is 1120 g/mol. The first-order valence-electron chi connectivity index (χ1n) is 29.4. The quantitative estimate of drug-likeness (QED) is 0.0288. The van der Waals surface area contributed by atoms with Crippen LogP contribution in [0.1, 0.15) is 253 Å². The minimum Gasteiger partial charge on any atom is -0.491 e. The number of thiophene rings is 4. The molecule has 0 radical (unpaired) electrons. The zero-order valence-electron chi connectivity index (χ0n) is 45.9. The Hall–Kier alpha value is -2.44. The monoisotopic (exact) mass is 1200 g/mol. The van der Waals surface area contributed by atoms with Crippen LogP contribution in [0, 0.1) is 34.5 Å². The van der Waals surface area contributed by atoms with Gasteiger partial charge >= 0.3 is 0 Å². The molecule has 406 valence electrons. The van der Waals surface area contributed by atoms with E-state index >= 15 is 0 Å². The van der Waals surface area contributed by atoms with E-state index in [2.05, 4.69) is 96.0 Å². The van der Waals surface area contributed by atoms with Gasteiger partial charge in [0.2, 0.25) is 0 Å². The molecular formula is C64H90Br2N2O2S4. The molecule has 10 heteroatoms. The second-order valence-corrected chi connectivity index (χ2v) is 28.1. The number of allylic oxidation sites excluding steroid dienone is 2. The highest BCUT2D eigenvalue weighted by Gasteiger charge is 2.24. The molecule has 2 unspecified atom stereocenters. The van der Waals surface area contributed by atoms with Crippen molar-refractivity contribution in [2.75, 3.05) is 13.2 Å². The number of hydrogen-bond acceptors (Lipinski definition) is 8. The molecule has 0 saturated heterocycles. The summed E-state index contributed by atoms with van der Waals surface area (Å²) in [4.78, 5) is 3.94. The normalized spacial score (nSPS) is 13.0. The van der Waals surface area contributed by atoms with Gasteiger partial charge in [0.05, 0.1) is 41.3 Å². The third kappa shape index (κ3) is 22.1. The summed E-state index contributed by atoms with van der Waals surface area (Å²) in [5, 5.41) is 23.2. The van der Waals surface area contributed by atoms with Gasteiger partial charge in [0.1, 0.15) is 23.6 Å². The molecule has 2 atom stereocenters. The zero-order valence-corrected chi connectivity index (χ0v) is 52.4. The Morgan fingerprint density at radius 1 is 0.446 bits per heavy atom. The topological polar surface area (TPSA) is 66.0 Å². The van der Waals surface area contributed by atoms with E-state index in [1.54, 1.807) is 45.3 Å². The van der Waals surface area contributed by atoms with Gasteiger partial charge in [0, 0.05) is 30.3 Å². The van der Waals surface area contributed by atoms with Crippen molar-refractivity contribution in [1.29, 1.82) is 10.5 Å². The van der Waals surface area contributed by atoms with Crippen molar-refractivity contribution in [3.63, 3.8) is 0 Å². The molecule has 4 heterocycles. The predicted molar refractivity (Wildman–Crippen MR) is 337 cm³/mol. The van der Waals surface area contributed by atoms with Crippen molar-refractivity contribution < 1.29 is 9.47 Å². The Bertz CT molecular complexity index is 2260. The van der Waals surface area contributed by atoms with Crippen LogP contribution in [0.2, 0.25) is 0 Å². The molecule has 0 aliphatic carbocycles. The van der Waals surface area contributed by atoms with E-state index in [-0.39, 0.29) is 0 Å². The number of nitrogens with zero attached hydrogens (tertiary/aromatic N) is 2. The number of unbranched alkanes of at least 4 members (excludes halogenated alkanes) is 24. The number of rotatable bonds is 42. The Labute approximate surface area is 482 Å². The van der Waals surface area contributed by atoms with E-state index in [4.69, 9.17) is 9.47 Å². The zero-order chi connectivity index (χ0) is 52.6. The van der Waals surface area contributed by atoms with Crippen LogP contribution >= 0.6 is 77.2 Å². The lowest BCUT2D eigenvalue weighted by Crippen LogP contribution is -2.14. The van der Waals surface area contributed by atoms with Crippen molar-refractivity contribution in [2.45, 2.75) is 233 Å². The number of benzene rings is 1. The molecule has 4 aromatic heterocycles. The van der Waals surface area contributed by atoms with Crippen molar-refractivity contribution in [3.05, 3.63) is 63.5 Å². The van der Waals surface area contributed by atoms with Gasteiger partial charge in [-0.3, -0.25) is 0 Å². The second-order valence-electron chi connectivity index (χ2n) is 21.0. The number of hydrogen-bond donors (Lipinski definition) is 0. The third-order valence-electron chi connectivity index (χ3n) is 14.7. The summed E-state index contributed by atoms with van der Waals surface area (Å²) in [6.07, 6.45) is 45.6. The maximum absolute atomic E-state index is 10.5. The van der Waals surface area contributed by atoms with Crippen LogP contribution in [0.15, 0.2) is 44.0 Å². The summed E-state index contributed by atoms with van der Waals surface area (Å²) in [7, 11) is 0. The fraction of sp³-hybridized carbons (Fsp3) is 0.625. The van der Waals surface area contributed by atoms with Crippen LogP contribution in [-0.2, 0) is 0 Å². The average Bonchev–Trinajstić information content (AvgIpc) is 4.24. The van der Waals surface area contributed by atoms with Crippen molar-refractivity contribution in [3.8, 4) is 23.6 Å². The summed E-state index contributed by atoms with van der Waals surface area (Å²) in [5.41, 5.74) is 1.31. The Balaban J connectivity index is 1.55. The summed E-state index contributed by atoms with van der Waals surface area (Å²) >= 11 is 13.9. The number of nitriles is 2. The maximum atomic E-state index is 10.5. The molecule has 0 N–H and O–H groups in total. The highest BCUT2D eigenvalue weighted by atomic mass is 79.9. The molecule has 74 heavy (non-hydrogen) atoms. The minimum absolute atomic E-state index is 0.476. The first kappa shape index (κ1) is 62.4. The molecule has 0 fully saturated rings. The summed E-state index contributed by atoms with van der Waals surface area (Å²) in [5.74, 6) is 2.79. The van der Waals surface area contributed by atoms with Crippen LogP contribution in [0.3, 0.4) is 0 Å². The Morgan fingerprint density at radius 2 is 0.743 bits per heavy atom. The van der Waals surface area contributed by atoms with E-state index in [9.17, 15) is 10.5 Å². The molecule has 0 spiro atoms. The summed E-state index contributed by atoms with van der Waals surface area (Å²) < 4.78 is 18.9. The Morgan fingerprint density at radius 3 is 1.01 bits per heavy atom. The van der Waals surface area contributed by atoms with E-state index in [1.807, 2.05) is 24.3 Å². The molecule has 1 aromatic carbocycles. The van der Waals surface area contributed by atoms with Crippen molar-refractivity contribution in [2.24, 2.45) is 11.8 Å². The standard InChI is InChI=1S/C64H90Br2N2O2S4/c1-5-9-13-17-21-23-27-31-35-49(33-29-25-19-15-11-7-3)47-69-61-55-43-53(41-51(45-67)57-37-39-59(65)73-57)72-64(55)62(56-44-54(71-63(56)61)42-52(46-68)58-38-40-60(66)74-58)70-48-50(34-30-26-20-16-12-8-4)36-32-28-24-22-18-14-10-6-2/h37-44,49-50H,5-36,47-48H2,1-4H3/b51-41+,52-42+. The lowest BCUT2D eigenvalue weighted by Gasteiger charge is -2.21. The van der Waals surface area contributed by atoms with Crippen molar-refractivity contribution >= 4 is 121 Å². The third-order valence-corrected chi connectivity index (χ3v) is 20.2. The predicted octanol–water partition coefficient (Wildman–Crippen LogP) is 24.4. The van der Waals surface area contributed by atoms with E-state index < -0.39 is 0 Å². The second kappa shape index (κ2) is 37.4. The van der Waals surface area contributed by atoms with Crippen LogP contribution in [0.4, 0.5) is 0 Å². The lowest BCUT2D eigenvalue weighted by atomic mass is 9.94. The highest BCUT2D eigenvalue weighted by Crippen LogP contribution is 2.51. The average molecular weight is 1210 g/mol. The van der Waals surface area contributed by atoms with Gasteiger partial charge in [0.25, 0.3) is 0 Å². The molecule has 5 aromatic rings. The summed E-state index contributed by atoms with van der Waals surface area (Å²) in [6.45, 7) is 10.5. The molecule has 0 bridgehead atoms. The van der Waals surface area contributed by atoms with Crippen LogP contribution < -0.4 is 9.47 Å². The van der Waals surface area contributed by atoms with Crippen molar-refractivity contribution in [1.82, 2.24) is 0 Å². The van der Waals surface area contributed by atoms with Gasteiger partial charge in [-0.15, -0.1) is 45.3 Å². The van der Waals surface area contributed by atoms with E-state index in [0.29, 0.717) is 36.2 Å². The van der Waals surface area contributed by atoms with Gasteiger partial charge in [-0.1, -0.05) is 207 Å². The van der Waals surface area contributed by atoms with Crippen LogP contribution in [0.25, 0.3) is 43.5 Å². The first-order chi connectivity index (χ1) is 36.3. The maximum Gasteiger partial charge on any atom is 0.146 e. The molecule has 4 nitrogen and oxygen atoms in total. The molecule has 0 aliphatic heterocycles. The summed E-state index contributed by atoms with van der Waals surface area (Å²) in [6, 6.07) is 17.7. The highest BCUT2D eigenvalue weighted by molar-refractivity contribution is 9.11. The SMILES string of the molecule is CCCCCCCCCCC(CCCCCCCC)COc1c2cc(/C=C(\C#N)c3ccc(Br)s3)sc2c(OCC(CCCCCCCC)CCCCCCCCCC)c2cc(/C=C(\C#N)c3ccc(Br)s3)sc12. The first-order valence-corrected chi connectivity index (χ1v) is 34.2. The molecule has 0 aliphatic rings. The van der Waals surface area contributed by atoms with E-state index in [0.717, 1.165) is 58.8 Å². The largest absolute Gasteiger partial charge is 0.491 e. The van der Waals surface area contributed by atoms with Crippen LogP contribution in [0.5, 0.6) is 11.5 Å². The molecule has 0 saturated carbocycles. The lowest BCUT2D eigenvalue weighted by molar-refractivity contribution is 0.225. The van der Waals surface area contributed by atoms with Gasteiger partial charge in [-0.05, 0) is 118 Å². The fourth-order valence-corrected chi connectivity index (χ4v) is 15.2. The van der Waals surface area contributed by atoms with Gasteiger partial charge in [0.15, 0.2) is 0 Å². The van der Waals surface area contributed by atoms with Gasteiger partial charge in [-0.2, -0.15) is 10.5 Å². The number of fused-ring (bicyclic) bond motifs is 2. The van der Waals surface area contributed by atoms with Gasteiger partial charge < -0.3 is 9.47 Å². The number of halogens is 2. The fourth-order valence-electron chi connectivity index (χ4n) is 10.3. The Kier molecular flexibility index (Phi) is 31.5. The van der Waals surface area contributed by atoms with E-state index in [1.165, 1.54) is 205 Å². The van der Waals surface area contributed by atoms with Gasteiger partial charge in [-0.25, -0.2) is 0 Å². The van der Waals surface area contributed by atoms with Crippen LogP contribution in [-0.4, -0.2) is 13.2 Å². The number of ether oxygens (including phenoxy) is 2. The minimum atomic E-state index is 0.476. The smallest absolute Gasteiger partial charge is 0.146 e.